The molecule has 1 amide bonds. The molecule has 5 nitrogen and oxygen atoms in total. The number of allylic oxidation sites excluding steroid dienone is 1. The topological polar surface area (TPSA) is 71.2 Å². The molecule has 2 heterocycles. The Morgan fingerprint density at radius 2 is 1.13 bits per heavy atom. The minimum absolute atomic E-state index is 0.0175. The average molecular weight is 541 g/mol. The number of nitrogens with one attached hydrogen (secondary N) is 2. The summed E-state index contributed by atoms with van der Waals surface area (Å²) < 4.78 is 4.68. The Kier molecular flexibility index (Phi) is 15.9. The zero-order chi connectivity index (χ0) is 28.5. The number of carbonyl (C=O) groups excluding carboxylic acids is 2. The summed E-state index contributed by atoms with van der Waals surface area (Å²) >= 11 is 0. The molecule has 1 aliphatic heterocycles. The van der Waals surface area contributed by atoms with E-state index in [4.69, 9.17) is 0 Å². The lowest BCUT2D eigenvalue weighted by Gasteiger charge is -2.04. The van der Waals surface area contributed by atoms with Crippen LogP contribution in [0.3, 0.4) is 0 Å². The minimum atomic E-state index is -0.0751. The van der Waals surface area contributed by atoms with Crippen LogP contribution in [0.25, 0.3) is 6.08 Å². The summed E-state index contributed by atoms with van der Waals surface area (Å²) in [5.74, 6) is -0.0576. The number of rotatable bonds is 21. The zero-order valence-corrected chi connectivity index (χ0v) is 25.7. The molecule has 0 spiro atoms. The smallest absolute Gasteiger partial charge is 0.305 e. The molecule has 0 unspecified atom stereocenters. The van der Waals surface area contributed by atoms with Crippen LogP contribution in [0.5, 0.6) is 0 Å². The lowest BCUT2D eigenvalue weighted by molar-refractivity contribution is -0.140. The lowest BCUT2D eigenvalue weighted by Crippen LogP contribution is -2.15. The second kappa shape index (κ2) is 18.9. The summed E-state index contributed by atoms with van der Waals surface area (Å²) in [6, 6.07) is 0. The van der Waals surface area contributed by atoms with Crippen LogP contribution in [0.2, 0.25) is 0 Å². The van der Waals surface area contributed by atoms with Crippen LogP contribution in [0, 0.1) is 13.8 Å². The third-order valence-electron chi connectivity index (χ3n) is 8.58. The largest absolute Gasteiger partial charge is 0.469 e. The van der Waals surface area contributed by atoms with E-state index >= 15 is 0 Å². The van der Waals surface area contributed by atoms with Crippen molar-refractivity contribution in [3.8, 4) is 0 Å². The molecule has 0 saturated carbocycles. The highest BCUT2D eigenvalue weighted by Gasteiger charge is 2.21. The van der Waals surface area contributed by atoms with Gasteiger partial charge >= 0.3 is 5.97 Å². The van der Waals surface area contributed by atoms with Gasteiger partial charge < -0.3 is 15.0 Å². The third-order valence-corrected chi connectivity index (χ3v) is 8.58. The fraction of sp³-hybridized carbons (Fsp3) is 0.706. The Labute approximate surface area is 238 Å². The Morgan fingerprint density at radius 3 is 1.56 bits per heavy atom. The summed E-state index contributed by atoms with van der Waals surface area (Å²) in [7, 11) is 1.47. The molecule has 220 valence electrons. The number of carbonyl (C=O) groups is 2. The maximum Gasteiger partial charge on any atom is 0.305 e. The van der Waals surface area contributed by atoms with Gasteiger partial charge in [0.05, 0.1) is 7.11 Å². The number of amides is 1. The molecule has 1 aromatic rings. The zero-order valence-electron chi connectivity index (χ0n) is 25.7. The van der Waals surface area contributed by atoms with Crippen molar-refractivity contribution >= 4 is 18.0 Å². The molecule has 0 aromatic carbocycles. The van der Waals surface area contributed by atoms with Crippen molar-refractivity contribution in [2.75, 3.05) is 7.11 Å². The quantitative estimate of drug-likeness (QED) is 0.121. The highest BCUT2D eigenvalue weighted by Crippen LogP contribution is 2.26. The van der Waals surface area contributed by atoms with Crippen LogP contribution >= 0.6 is 0 Å². The number of methoxy groups -OCH3 is 1. The molecule has 0 atom stereocenters. The van der Waals surface area contributed by atoms with Gasteiger partial charge in [0.25, 0.3) is 5.91 Å². The van der Waals surface area contributed by atoms with Crippen LogP contribution in [-0.2, 0) is 20.7 Å². The summed E-state index contributed by atoms with van der Waals surface area (Å²) in [6.07, 6.45) is 26.2. The van der Waals surface area contributed by atoms with Gasteiger partial charge in [-0.05, 0) is 69.7 Å². The van der Waals surface area contributed by atoms with Gasteiger partial charge in [0.2, 0.25) is 0 Å². The first-order valence-corrected chi connectivity index (χ1v) is 15.8. The molecule has 2 rings (SSSR count). The van der Waals surface area contributed by atoms with E-state index in [1.807, 2.05) is 13.8 Å². The Balaban J connectivity index is 1.42. The molecule has 2 N–H and O–H groups in total. The summed E-state index contributed by atoms with van der Waals surface area (Å²) in [5, 5.41) is 2.98. The van der Waals surface area contributed by atoms with Crippen molar-refractivity contribution in [1.29, 1.82) is 0 Å². The first kappa shape index (κ1) is 32.9. The highest BCUT2D eigenvalue weighted by molar-refractivity contribution is 6.00. The molecule has 0 aliphatic carbocycles. The molecule has 5 heteroatoms. The molecule has 1 aromatic heterocycles. The molecule has 0 fully saturated rings. The van der Waals surface area contributed by atoms with Gasteiger partial charge in [0, 0.05) is 29.1 Å². The molecule has 0 saturated heterocycles. The summed E-state index contributed by atoms with van der Waals surface area (Å²) in [4.78, 5) is 26.6. The number of esters is 1. The first-order valence-electron chi connectivity index (χ1n) is 15.8. The van der Waals surface area contributed by atoms with Gasteiger partial charge in [-0.15, -0.1) is 0 Å². The Morgan fingerprint density at radius 1 is 0.667 bits per heavy atom. The van der Waals surface area contributed by atoms with E-state index in [1.165, 1.54) is 120 Å². The average Bonchev–Trinajstić information content (AvgIpc) is 3.33. The van der Waals surface area contributed by atoms with Crippen molar-refractivity contribution in [1.82, 2.24) is 10.3 Å². The van der Waals surface area contributed by atoms with Crippen LogP contribution in [0.4, 0.5) is 0 Å². The van der Waals surface area contributed by atoms with Gasteiger partial charge in [0.1, 0.15) is 0 Å². The molecule has 39 heavy (non-hydrogen) atoms. The lowest BCUT2D eigenvalue weighted by atomic mass is 10.0. The number of aryl methyl sites for hydroxylation is 1. The fourth-order valence-electron chi connectivity index (χ4n) is 5.47. The van der Waals surface area contributed by atoms with E-state index in [2.05, 4.69) is 35.0 Å². The number of H-pyrrole nitrogens is 1. The highest BCUT2D eigenvalue weighted by atomic mass is 16.5. The predicted molar refractivity (Wildman–Crippen MR) is 164 cm³/mol. The second-order valence-electron chi connectivity index (χ2n) is 11.6. The number of aromatic nitrogens is 1. The van der Waals surface area contributed by atoms with Gasteiger partial charge in [-0.3, -0.25) is 9.59 Å². The summed E-state index contributed by atoms with van der Waals surface area (Å²) in [6.45, 7) is 8.27. The van der Waals surface area contributed by atoms with Crippen LogP contribution in [0.15, 0.2) is 16.8 Å². The van der Waals surface area contributed by atoms with E-state index in [1.54, 1.807) is 0 Å². The Hall–Kier alpha value is -2.30. The van der Waals surface area contributed by atoms with Gasteiger partial charge in [-0.25, -0.2) is 0 Å². The van der Waals surface area contributed by atoms with Crippen molar-refractivity contribution in [3.63, 3.8) is 0 Å². The van der Waals surface area contributed by atoms with E-state index in [0.29, 0.717) is 6.42 Å². The number of hydrogen-bond acceptors (Lipinski definition) is 3. The standard InChI is InChI=1S/C34H56N2O3/c1-26-27(2)31(25-32-28(3)29(4)34(38)36-32)35-30(26)23-21-19-17-15-13-11-9-7-6-8-10-12-14-16-18-20-22-24-33(37)39-5/h25,35H,6-24H2,1-5H3,(H,36,38)/b32-25+. The fourth-order valence-corrected chi connectivity index (χ4v) is 5.47. The van der Waals surface area contributed by atoms with Crippen LogP contribution in [-0.4, -0.2) is 24.0 Å². The number of unbranched alkanes of at least 4 members (excludes halogenated alkanes) is 16. The second-order valence-corrected chi connectivity index (χ2v) is 11.6. The van der Waals surface area contributed by atoms with Crippen molar-refractivity contribution in [2.45, 2.75) is 150 Å². The van der Waals surface area contributed by atoms with E-state index in [-0.39, 0.29) is 11.9 Å². The van der Waals surface area contributed by atoms with Crippen LogP contribution < -0.4 is 5.32 Å². The number of ether oxygens (including phenoxy) is 1. The van der Waals surface area contributed by atoms with Crippen molar-refractivity contribution in [2.24, 2.45) is 0 Å². The normalized spacial score (nSPS) is 14.5. The van der Waals surface area contributed by atoms with E-state index < -0.39 is 0 Å². The monoisotopic (exact) mass is 540 g/mol. The maximum atomic E-state index is 11.9. The molecule has 1 aliphatic rings. The molecule has 0 radical (unpaired) electrons. The van der Waals surface area contributed by atoms with Gasteiger partial charge in [-0.1, -0.05) is 96.3 Å². The SMILES string of the molecule is COC(=O)CCCCCCCCCCCCCCCCCCCc1[nH]c(/C=C2/NC(=O)C(C)=C2C)c(C)c1C. The molecular weight excluding hydrogens is 484 g/mol. The van der Waals surface area contributed by atoms with Crippen LogP contribution in [0.1, 0.15) is 152 Å². The maximum absolute atomic E-state index is 11.9. The van der Waals surface area contributed by atoms with E-state index in [9.17, 15) is 9.59 Å². The van der Waals surface area contributed by atoms with Crippen molar-refractivity contribution in [3.05, 3.63) is 39.4 Å². The van der Waals surface area contributed by atoms with Crippen molar-refractivity contribution < 1.29 is 14.3 Å². The Bertz CT molecular complexity index is 954. The minimum Gasteiger partial charge on any atom is -0.469 e. The molecular formula is C34H56N2O3. The molecule has 0 bridgehead atoms. The first-order chi connectivity index (χ1) is 18.8. The van der Waals surface area contributed by atoms with Gasteiger partial charge in [0.15, 0.2) is 0 Å². The van der Waals surface area contributed by atoms with Gasteiger partial charge in [-0.2, -0.15) is 0 Å². The third kappa shape index (κ3) is 12.2. The number of hydrogen-bond donors (Lipinski definition) is 2. The number of aromatic amines is 1. The predicted octanol–water partition coefficient (Wildman–Crippen LogP) is 9.18. The van der Waals surface area contributed by atoms with E-state index in [0.717, 1.165) is 41.8 Å². The summed E-state index contributed by atoms with van der Waals surface area (Å²) in [5.41, 5.74) is 7.89.